The van der Waals surface area contributed by atoms with Crippen LogP contribution in [0.1, 0.15) is 5.56 Å². The van der Waals surface area contributed by atoms with Gasteiger partial charge in [-0.3, -0.25) is 0 Å². The Balaban J connectivity index is 1.65. The molecule has 0 bridgehead atoms. The highest BCUT2D eigenvalue weighted by atomic mass is 16.3. The second-order valence-electron chi connectivity index (χ2n) is 8.31. The summed E-state index contributed by atoms with van der Waals surface area (Å²) in [6.45, 7) is 2.12. The molecule has 5 aromatic carbocycles. The summed E-state index contributed by atoms with van der Waals surface area (Å²) in [5, 5.41) is 2.29. The van der Waals surface area contributed by atoms with Gasteiger partial charge in [0, 0.05) is 16.3 Å². The van der Waals surface area contributed by atoms with Crippen molar-refractivity contribution in [1.29, 1.82) is 0 Å². The van der Waals surface area contributed by atoms with Gasteiger partial charge in [0.1, 0.15) is 11.2 Å². The molecule has 152 valence electrons. The summed E-state index contributed by atoms with van der Waals surface area (Å²) in [6, 6.07) is 40.8. The molecule has 0 spiro atoms. The van der Waals surface area contributed by atoms with E-state index in [2.05, 4.69) is 116 Å². The van der Waals surface area contributed by atoms with Crippen molar-refractivity contribution in [1.82, 2.24) is 0 Å². The largest absolute Gasteiger partial charge is 0.455 e. The molecule has 1 nitrogen and oxygen atoms in total. The lowest BCUT2D eigenvalue weighted by Gasteiger charge is -2.08. The summed E-state index contributed by atoms with van der Waals surface area (Å²) in [5.74, 6) is 0. The summed E-state index contributed by atoms with van der Waals surface area (Å²) in [5.41, 5.74) is 10.2. The van der Waals surface area contributed by atoms with E-state index in [1.54, 1.807) is 0 Å². The minimum absolute atomic E-state index is 0.915. The third-order valence-electron chi connectivity index (χ3n) is 6.15. The van der Waals surface area contributed by atoms with Gasteiger partial charge in [0.25, 0.3) is 0 Å². The molecule has 0 amide bonds. The number of furan rings is 1. The Labute approximate surface area is 187 Å². The predicted molar refractivity (Wildman–Crippen MR) is 135 cm³/mol. The van der Waals surface area contributed by atoms with E-state index in [0.717, 1.165) is 33.1 Å². The van der Waals surface area contributed by atoms with E-state index in [1.807, 2.05) is 6.07 Å². The van der Waals surface area contributed by atoms with Gasteiger partial charge in [-0.1, -0.05) is 96.6 Å². The number of fused-ring (bicyclic) bond motifs is 3. The lowest BCUT2D eigenvalue weighted by Crippen LogP contribution is -1.83. The van der Waals surface area contributed by atoms with Crippen LogP contribution in [0.25, 0.3) is 55.3 Å². The van der Waals surface area contributed by atoms with Crippen molar-refractivity contribution in [3.63, 3.8) is 0 Å². The lowest BCUT2D eigenvalue weighted by molar-refractivity contribution is 0.670. The maximum Gasteiger partial charge on any atom is 0.143 e. The molecule has 6 aromatic rings. The van der Waals surface area contributed by atoms with Crippen molar-refractivity contribution >= 4 is 21.9 Å². The molecule has 0 atom stereocenters. The van der Waals surface area contributed by atoms with Crippen molar-refractivity contribution in [3.8, 4) is 33.4 Å². The number of benzene rings is 5. The number of hydrogen-bond donors (Lipinski definition) is 0. The molecule has 1 heterocycles. The molecule has 1 aromatic heterocycles. The standard InChI is InChI=1S/C31H22O/c1-21-12-14-23(15-13-21)25-16-17-30-28(18-25)29-20-26(22-8-4-2-5-9-22)19-27(31(29)32-30)24-10-6-3-7-11-24/h2-20H,1H3. The maximum atomic E-state index is 6.44. The second-order valence-corrected chi connectivity index (χ2v) is 8.31. The first kappa shape index (κ1) is 18.7. The van der Waals surface area contributed by atoms with Crippen LogP contribution < -0.4 is 0 Å². The van der Waals surface area contributed by atoms with Crippen LogP contribution >= 0.6 is 0 Å². The summed E-state index contributed by atoms with van der Waals surface area (Å²) >= 11 is 0. The Morgan fingerprint density at radius 1 is 0.469 bits per heavy atom. The molecule has 0 unspecified atom stereocenters. The van der Waals surface area contributed by atoms with Crippen molar-refractivity contribution in [3.05, 3.63) is 121 Å². The van der Waals surface area contributed by atoms with Crippen LogP contribution in [0.2, 0.25) is 0 Å². The molecule has 0 N–H and O–H groups in total. The average molecular weight is 411 g/mol. The lowest BCUT2D eigenvalue weighted by atomic mass is 9.95. The van der Waals surface area contributed by atoms with Gasteiger partial charge in [-0.05, 0) is 59.0 Å². The van der Waals surface area contributed by atoms with Crippen LogP contribution in [0.15, 0.2) is 120 Å². The van der Waals surface area contributed by atoms with Crippen molar-refractivity contribution in [2.75, 3.05) is 0 Å². The highest BCUT2D eigenvalue weighted by Gasteiger charge is 2.15. The van der Waals surface area contributed by atoms with Crippen molar-refractivity contribution in [2.24, 2.45) is 0 Å². The minimum atomic E-state index is 0.915. The number of rotatable bonds is 3. The van der Waals surface area contributed by atoms with Gasteiger partial charge in [0.05, 0.1) is 0 Å². The van der Waals surface area contributed by atoms with Gasteiger partial charge in [0.15, 0.2) is 0 Å². The normalized spacial score (nSPS) is 11.3. The van der Waals surface area contributed by atoms with Crippen molar-refractivity contribution in [2.45, 2.75) is 6.92 Å². The van der Waals surface area contributed by atoms with Crippen LogP contribution in [0.4, 0.5) is 0 Å². The highest BCUT2D eigenvalue weighted by Crippen LogP contribution is 2.40. The molecule has 0 saturated carbocycles. The first-order chi connectivity index (χ1) is 15.8. The van der Waals surface area contributed by atoms with Gasteiger partial charge >= 0.3 is 0 Å². The molecule has 0 saturated heterocycles. The quantitative estimate of drug-likeness (QED) is 0.284. The zero-order valence-corrected chi connectivity index (χ0v) is 17.9. The first-order valence-corrected chi connectivity index (χ1v) is 10.9. The second kappa shape index (κ2) is 7.55. The Morgan fingerprint density at radius 2 is 1.06 bits per heavy atom. The summed E-state index contributed by atoms with van der Waals surface area (Å²) in [4.78, 5) is 0. The molecule has 6 rings (SSSR count). The van der Waals surface area contributed by atoms with Crippen LogP contribution in [0.5, 0.6) is 0 Å². The van der Waals surface area contributed by atoms with E-state index < -0.39 is 0 Å². The van der Waals surface area contributed by atoms with E-state index >= 15 is 0 Å². The summed E-state index contributed by atoms with van der Waals surface area (Å²) in [6.07, 6.45) is 0. The van der Waals surface area contributed by atoms with Gasteiger partial charge in [-0.15, -0.1) is 0 Å². The Bertz CT molecular complexity index is 1540. The van der Waals surface area contributed by atoms with Gasteiger partial charge < -0.3 is 4.42 Å². The predicted octanol–water partition coefficient (Wildman–Crippen LogP) is 8.90. The molecule has 1 heteroatoms. The van der Waals surface area contributed by atoms with E-state index in [1.165, 1.54) is 27.8 Å². The Morgan fingerprint density at radius 3 is 1.78 bits per heavy atom. The third-order valence-corrected chi connectivity index (χ3v) is 6.15. The molecule has 0 fully saturated rings. The van der Waals surface area contributed by atoms with Crippen LogP contribution in [0, 0.1) is 6.92 Å². The van der Waals surface area contributed by atoms with E-state index in [-0.39, 0.29) is 0 Å². The molecule has 0 radical (unpaired) electrons. The molecule has 32 heavy (non-hydrogen) atoms. The Hall–Kier alpha value is -4.10. The SMILES string of the molecule is Cc1ccc(-c2ccc3oc4c(-c5ccccc5)cc(-c5ccccc5)cc4c3c2)cc1. The Kier molecular flexibility index (Phi) is 4.40. The summed E-state index contributed by atoms with van der Waals surface area (Å²) < 4.78 is 6.44. The highest BCUT2D eigenvalue weighted by molar-refractivity contribution is 6.12. The summed E-state index contributed by atoms with van der Waals surface area (Å²) in [7, 11) is 0. The van der Waals surface area contributed by atoms with Crippen LogP contribution in [0.3, 0.4) is 0 Å². The molecular weight excluding hydrogens is 388 g/mol. The van der Waals surface area contributed by atoms with Gasteiger partial charge in [-0.25, -0.2) is 0 Å². The molecular formula is C31H22O. The fourth-order valence-electron chi connectivity index (χ4n) is 4.43. The van der Waals surface area contributed by atoms with Crippen molar-refractivity contribution < 1.29 is 4.42 Å². The van der Waals surface area contributed by atoms with E-state index in [0.29, 0.717) is 0 Å². The molecule has 0 aliphatic carbocycles. The fourth-order valence-corrected chi connectivity index (χ4v) is 4.43. The van der Waals surface area contributed by atoms with Gasteiger partial charge in [-0.2, -0.15) is 0 Å². The monoisotopic (exact) mass is 410 g/mol. The minimum Gasteiger partial charge on any atom is -0.455 e. The van der Waals surface area contributed by atoms with E-state index in [9.17, 15) is 0 Å². The fraction of sp³-hybridized carbons (Fsp3) is 0.0323. The van der Waals surface area contributed by atoms with Crippen LogP contribution in [-0.4, -0.2) is 0 Å². The van der Waals surface area contributed by atoms with Gasteiger partial charge in [0.2, 0.25) is 0 Å². The number of hydrogen-bond acceptors (Lipinski definition) is 1. The zero-order valence-electron chi connectivity index (χ0n) is 17.9. The zero-order chi connectivity index (χ0) is 21.5. The first-order valence-electron chi connectivity index (χ1n) is 10.9. The maximum absolute atomic E-state index is 6.44. The topological polar surface area (TPSA) is 13.1 Å². The third kappa shape index (κ3) is 3.19. The molecule has 0 aliphatic heterocycles. The number of aryl methyl sites for hydroxylation is 1. The molecule has 0 aliphatic rings. The van der Waals surface area contributed by atoms with E-state index in [4.69, 9.17) is 4.42 Å². The smallest absolute Gasteiger partial charge is 0.143 e. The van der Waals surface area contributed by atoms with Crippen LogP contribution in [-0.2, 0) is 0 Å². The average Bonchev–Trinajstić information content (AvgIpc) is 3.23.